The van der Waals surface area contributed by atoms with Crippen molar-refractivity contribution in [1.82, 2.24) is 14.1 Å². The Labute approximate surface area is 113 Å². The van der Waals surface area contributed by atoms with E-state index in [2.05, 4.69) is 12.0 Å². The highest BCUT2D eigenvalue weighted by Gasteiger charge is 2.26. The molecule has 5 nitrogen and oxygen atoms in total. The highest BCUT2D eigenvalue weighted by molar-refractivity contribution is 7.98. The van der Waals surface area contributed by atoms with Crippen LogP contribution in [0.25, 0.3) is 0 Å². The summed E-state index contributed by atoms with van der Waals surface area (Å²) in [5, 5.41) is 5.51. The number of aryl methyl sites for hydroxylation is 1. The molecule has 0 fully saturated rings. The molecule has 0 spiro atoms. The van der Waals surface area contributed by atoms with Gasteiger partial charge in [0.1, 0.15) is 5.03 Å². The number of thioether (sulfide) groups is 1. The zero-order chi connectivity index (χ0) is 13.3. The van der Waals surface area contributed by atoms with E-state index in [0.29, 0.717) is 13.1 Å². The second-order valence-electron chi connectivity index (χ2n) is 4.45. The zero-order valence-corrected chi connectivity index (χ0v) is 12.6. The lowest BCUT2D eigenvalue weighted by atomic mass is 10.2. The maximum atomic E-state index is 11.7. The van der Waals surface area contributed by atoms with E-state index in [0.717, 1.165) is 30.0 Å². The summed E-state index contributed by atoms with van der Waals surface area (Å²) in [4.78, 5) is 0. The normalized spacial score (nSPS) is 17.5. The Morgan fingerprint density at radius 3 is 2.72 bits per heavy atom. The zero-order valence-electron chi connectivity index (χ0n) is 11.0. The van der Waals surface area contributed by atoms with Crippen molar-refractivity contribution in [3.05, 3.63) is 11.3 Å². The minimum Gasteiger partial charge on any atom is -0.268 e. The first-order valence-corrected chi connectivity index (χ1v) is 9.12. The maximum Gasteiger partial charge on any atom is 0.211 e. The first-order chi connectivity index (χ1) is 8.47. The van der Waals surface area contributed by atoms with Crippen molar-refractivity contribution in [2.45, 2.75) is 37.9 Å². The van der Waals surface area contributed by atoms with Gasteiger partial charge in [0.2, 0.25) is 10.0 Å². The average Bonchev–Trinajstić information content (AvgIpc) is 2.49. The highest BCUT2D eigenvalue weighted by atomic mass is 32.2. The van der Waals surface area contributed by atoms with Gasteiger partial charge in [-0.2, -0.15) is 9.40 Å². The lowest BCUT2D eigenvalue weighted by Crippen LogP contribution is -2.29. The molecule has 0 radical (unpaired) electrons. The number of aromatic nitrogens is 2. The van der Waals surface area contributed by atoms with Gasteiger partial charge in [0.05, 0.1) is 6.26 Å². The second-order valence-corrected chi connectivity index (χ2v) is 7.23. The van der Waals surface area contributed by atoms with Gasteiger partial charge in [-0.3, -0.25) is 4.68 Å². The van der Waals surface area contributed by atoms with Gasteiger partial charge in [-0.25, -0.2) is 8.42 Å². The Hall–Kier alpha value is -0.530. The van der Waals surface area contributed by atoms with Crippen LogP contribution in [0.1, 0.15) is 24.6 Å². The molecule has 2 heterocycles. The van der Waals surface area contributed by atoms with Gasteiger partial charge < -0.3 is 0 Å². The predicted octanol–water partition coefficient (Wildman–Crippen LogP) is 1.33. The summed E-state index contributed by atoms with van der Waals surface area (Å²) >= 11 is 1.59. The van der Waals surface area contributed by atoms with Crippen molar-refractivity contribution < 1.29 is 8.42 Å². The summed E-state index contributed by atoms with van der Waals surface area (Å²) < 4.78 is 27.0. The molecular weight excluding hydrogens is 270 g/mol. The minimum absolute atomic E-state index is 0.463. The van der Waals surface area contributed by atoms with E-state index in [1.54, 1.807) is 16.1 Å². The molecule has 102 valence electrons. The first kappa shape index (κ1) is 13.9. The fourth-order valence-corrected chi connectivity index (χ4v) is 3.77. The highest BCUT2D eigenvalue weighted by Crippen LogP contribution is 2.28. The van der Waals surface area contributed by atoms with Crippen LogP contribution in [-0.2, 0) is 29.5 Å². The average molecular weight is 289 g/mol. The number of hydrogen-bond donors (Lipinski definition) is 0. The van der Waals surface area contributed by atoms with Crippen molar-refractivity contribution in [2.75, 3.05) is 19.1 Å². The SMILES string of the molecule is CCn1nc(SC)c2c1CCCN(S(C)(=O)=O)C2. The van der Waals surface area contributed by atoms with Crippen LogP contribution in [0.5, 0.6) is 0 Å². The van der Waals surface area contributed by atoms with Crippen molar-refractivity contribution in [1.29, 1.82) is 0 Å². The van der Waals surface area contributed by atoms with Gasteiger partial charge in [-0.1, -0.05) is 0 Å². The Morgan fingerprint density at radius 2 is 2.17 bits per heavy atom. The molecule has 0 bridgehead atoms. The fraction of sp³-hybridized carbons (Fsp3) is 0.727. The Kier molecular flexibility index (Phi) is 4.03. The fourth-order valence-electron chi connectivity index (χ4n) is 2.34. The van der Waals surface area contributed by atoms with E-state index < -0.39 is 10.0 Å². The number of sulfonamides is 1. The molecule has 7 heteroatoms. The van der Waals surface area contributed by atoms with Gasteiger partial charge in [0.15, 0.2) is 0 Å². The predicted molar refractivity (Wildman–Crippen MR) is 73.3 cm³/mol. The number of rotatable bonds is 3. The molecule has 18 heavy (non-hydrogen) atoms. The van der Waals surface area contributed by atoms with Crippen LogP contribution in [-0.4, -0.2) is 41.6 Å². The minimum atomic E-state index is -3.13. The first-order valence-electron chi connectivity index (χ1n) is 6.05. The van der Waals surface area contributed by atoms with Crippen LogP contribution in [0.3, 0.4) is 0 Å². The quantitative estimate of drug-likeness (QED) is 0.788. The van der Waals surface area contributed by atoms with E-state index in [4.69, 9.17) is 0 Å². The van der Waals surface area contributed by atoms with Crippen LogP contribution in [0.15, 0.2) is 5.03 Å². The molecule has 0 N–H and O–H groups in total. The summed E-state index contributed by atoms with van der Waals surface area (Å²) in [6.45, 7) is 3.97. The molecule has 1 aliphatic heterocycles. The Balaban J connectivity index is 2.44. The molecule has 2 rings (SSSR count). The smallest absolute Gasteiger partial charge is 0.211 e. The Morgan fingerprint density at radius 1 is 1.44 bits per heavy atom. The molecule has 1 aromatic heterocycles. The van der Waals surface area contributed by atoms with Gasteiger partial charge in [-0.15, -0.1) is 11.8 Å². The number of fused-ring (bicyclic) bond motifs is 1. The van der Waals surface area contributed by atoms with Gasteiger partial charge >= 0.3 is 0 Å². The third-order valence-corrected chi connectivity index (χ3v) is 5.21. The standard InChI is InChI=1S/C11H19N3O2S2/c1-4-14-10-6-5-7-13(18(3,15)16)8-9(10)11(12-14)17-2/h4-8H2,1-3H3. The third-order valence-electron chi connectivity index (χ3n) is 3.25. The molecular formula is C11H19N3O2S2. The van der Waals surface area contributed by atoms with Crippen molar-refractivity contribution >= 4 is 21.8 Å². The largest absolute Gasteiger partial charge is 0.268 e. The molecule has 0 atom stereocenters. The lowest BCUT2D eigenvalue weighted by molar-refractivity contribution is 0.410. The molecule has 1 aromatic rings. The second kappa shape index (κ2) is 5.22. The number of nitrogens with zero attached hydrogens (tertiary/aromatic N) is 3. The van der Waals surface area contributed by atoms with Crippen LogP contribution in [0.2, 0.25) is 0 Å². The van der Waals surface area contributed by atoms with Crippen molar-refractivity contribution in [3.63, 3.8) is 0 Å². The third kappa shape index (κ3) is 2.57. The summed E-state index contributed by atoms with van der Waals surface area (Å²) in [6.07, 6.45) is 5.03. The molecule has 1 aliphatic rings. The molecule has 0 aliphatic carbocycles. The molecule has 0 aromatic carbocycles. The van der Waals surface area contributed by atoms with E-state index in [-0.39, 0.29) is 0 Å². The van der Waals surface area contributed by atoms with E-state index in [1.807, 2.05) is 10.9 Å². The van der Waals surface area contributed by atoms with Gasteiger partial charge in [-0.05, 0) is 26.0 Å². The van der Waals surface area contributed by atoms with E-state index in [1.165, 1.54) is 11.9 Å². The molecule has 0 saturated carbocycles. The van der Waals surface area contributed by atoms with E-state index in [9.17, 15) is 8.42 Å². The lowest BCUT2D eigenvalue weighted by Gasteiger charge is -2.17. The topological polar surface area (TPSA) is 55.2 Å². The molecule has 0 amide bonds. The van der Waals surface area contributed by atoms with Crippen molar-refractivity contribution in [3.8, 4) is 0 Å². The van der Waals surface area contributed by atoms with Crippen LogP contribution < -0.4 is 0 Å². The Bertz CT molecular complexity index is 537. The molecule has 0 unspecified atom stereocenters. The summed E-state index contributed by atoms with van der Waals surface area (Å²) in [7, 11) is -3.13. The molecule has 0 saturated heterocycles. The monoisotopic (exact) mass is 289 g/mol. The number of hydrogen-bond acceptors (Lipinski definition) is 4. The maximum absolute atomic E-state index is 11.7. The van der Waals surface area contributed by atoms with E-state index >= 15 is 0 Å². The van der Waals surface area contributed by atoms with Crippen LogP contribution >= 0.6 is 11.8 Å². The van der Waals surface area contributed by atoms with Crippen LogP contribution in [0.4, 0.5) is 0 Å². The van der Waals surface area contributed by atoms with Gasteiger partial charge in [0, 0.05) is 30.9 Å². The van der Waals surface area contributed by atoms with Gasteiger partial charge in [0.25, 0.3) is 0 Å². The van der Waals surface area contributed by atoms with Crippen LogP contribution in [0, 0.1) is 0 Å². The summed E-state index contributed by atoms with van der Waals surface area (Å²) in [5.74, 6) is 0. The summed E-state index contributed by atoms with van der Waals surface area (Å²) in [6, 6.07) is 0. The van der Waals surface area contributed by atoms with Crippen molar-refractivity contribution in [2.24, 2.45) is 0 Å². The summed E-state index contributed by atoms with van der Waals surface area (Å²) in [5.41, 5.74) is 2.29.